The Morgan fingerprint density at radius 1 is 0.500 bits per heavy atom. The van der Waals surface area contributed by atoms with Crippen molar-refractivity contribution in [3.63, 3.8) is 0 Å². The Morgan fingerprint density at radius 2 is 0.643 bits per heavy atom. The number of hydrogen-bond acceptors (Lipinski definition) is 0. The van der Waals surface area contributed by atoms with E-state index >= 15 is 0 Å². The molecule has 0 saturated carbocycles. The average Bonchev–Trinajstić information content (AvgIpc) is 1.77. The molecule has 0 N–H and O–H groups in total. The second-order valence-corrected chi connectivity index (χ2v) is 7.33. The molecule has 0 aromatic heterocycles. The summed E-state index contributed by atoms with van der Waals surface area (Å²) in [5, 5.41) is 0. The summed E-state index contributed by atoms with van der Waals surface area (Å²) in [7, 11) is 0. The molecule has 0 heterocycles. The van der Waals surface area contributed by atoms with Gasteiger partial charge in [-0.15, -0.1) is 0 Å². The molecule has 80 valence electrons. The third-order valence-electron chi connectivity index (χ3n) is 1.70. The summed E-state index contributed by atoms with van der Waals surface area (Å²) in [6.45, 7) is 0. The molecule has 0 aliphatic carbocycles. The van der Waals surface area contributed by atoms with E-state index < -0.39 is 81.3 Å². The van der Waals surface area contributed by atoms with Crippen LogP contribution in [0.15, 0.2) is 0 Å². The molecule has 0 amide bonds. The summed E-state index contributed by atoms with van der Waals surface area (Å²) in [5.74, 6) is 0. The molecule has 0 saturated heterocycles. The topological polar surface area (TPSA) is 0 Å². The zero-order valence-electron chi connectivity index (χ0n) is 6.40. The Balaban J connectivity index is 5.54. The number of hydrogen-bond donors (Lipinski definition) is 0. The molecule has 0 aromatic carbocycles. The van der Waals surface area contributed by atoms with Crippen molar-refractivity contribution in [2.45, 2.75) is 15.4 Å². The van der Waals surface area contributed by atoms with Gasteiger partial charge in [0.1, 0.15) is 0 Å². The van der Waals surface area contributed by atoms with Gasteiger partial charge in [-0.25, -0.2) is 0 Å². The maximum absolute atomic E-state index is 11.7. The zero-order chi connectivity index (χ0) is 12.0. The van der Waals surface area contributed by atoms with Gasteiger partial charge in [-0.3, -0.25) is 0 Å². The summed E-state index contributed by atoms with van der Waals surface area (Å²) in [6.07, 6.45) is -19.0. The van der Waals surface area contributed by atoms with Gasteiger partial charge in [0.05, 0.1) is 0 Å². The molecule has 10 heteroatoms. The summed E-state index contributed by atoms with van der Waals surface area (Å²) >= 11 is -2.84. The first-order chi connectivity index (χ1) is 5.75. The van der Waals surface area contributed by atoms with Crippen LogP contribution < -0.4 is 0 Å². The van der Waals surface area contributed by atoms with E-state index in [-0.39, 0.29) is 0 Å². The number of alkyl halides is 9. The molecule has 0 fully saturated rings. The fourth-order valence-electron chi connectivity index (χ4n) is 0.482. The van der Waals surface area contributed by atoms with Crippen LogP contribution in [0.3, 0.4) is 0 Å². The number of rotatable bonds is 0. The van der Waals surface area contributed by atoms with Gasteiger partial charge in [0.25, 0.3) is 0 Å². The molecular formula is C4CsF9. The zero-order valence-corrected chi connectivity index (χ0v) is 12.7. The van der Waals surface area contributed by atoms with Crippen molar-refractivity contribution in [1.29, 1.82) is 0 Å². The SMILES string of the molecule is FC(F)(F)[C]([Cs])(C(F)(F)F)C(F)(F)F. The first kappa shape index (κ1) is 15.4. The molecule has 0 bridgehead atoms. The molecule has 0 aliphatic heterocycles. The van der Waals surface area contributed by atoms with Crippen molar-refractivity contribution in [2.75, 3.05) is 0 Å². The molecule has 14 heavy (non-hydrogen) atoms. The van der Waals surface area contributed by atoms with Gasteiger partial charge in [-0.1, -0.05) is 0 Å². The summed E-state index contributed by atoms with van der Waals surface area (Å²) in [4.78, 5) is 0. The molecule has 0 rings (SSSR count). The molecule has 0 nitrogen and oxygen atoms in total. The first-order valence-corrected chi connectivity index (χ1v) is 6.09. The van der Waals surface area contributed by atoms with Crippen LogP contribution >= 0.6 is 0 Å². The standard InChI is InChI=1S/C4F9.Cs/c5-2(6,7)1(3(8,9)10)4(11,12)13;. The van der Waals surface area contributed by atoms with Crippen molar-refractivity contribution >= 4 is 65.9 Å². The van der Waals surface area contributed by atoms with Crippen LogP contribution in [0.5, 0.6) is 0 Å². The summed E-state index contributed by atoms with van der Waals surface area (Å²) in [5.41, 5.74) is 0. The van der Waals surface area contributed by atoms with Gasteiger partial charge >= 0.3 is 121 Å². The second kappa shape index (κ2) is 4.02. The van der Waals surface area contributed by atoms with Gasteiger partial charge in [-0.05, 0) is 0 Å². The predicted octanol–water partition coefficient (Wildman–Crippen LogP) is 3.00. The monoisotopic (exact) mass is 352 g/mol. The third kappa shape index (κ3) is 2.56. The van der Waals surface area contributed by atoms with E-state index in [0.29, 0.717) is 0 Å². The molecule has 0 atom stereocenters. The quantitative estimate of drug-likeness (QED) is 0.588. The van der Waals surface area contributed by atoms with E-state index in [0.717, 1.165) is 0 Å². The van der Waals surface area contributed by atoms with Crippen LogP contribution in [-0.2, 0) is 0 Å². The molecular weight excluding hydrogens is 352 g/mol. The minimum atomic E-state index is -6.33. The van der Waals surface area contributed by atoms with Gasteiger partial charge in [0.15, 0.2) is 0 Å². The third-order valence-corrected chi connectivity index (χ3v) is 7.04. The van der Waals surface area contributed by atoms with Crippen LogP contribution in [0, 0.1) is 0 Å². The van der Waals surface area contributed by atoms with E-state index in [9.17, 15) is 39.5 Å². The van der Waals surface area contributed by atoms with Gasteiger partial charge in [0, 0.05) is 0 Å². The Kier molecular flexibility index (Phi) is 4.43. The summed E-state index contributed by atoms with van der Waals surface area (Å²) < 4.78 is 99.9. The van der Waals surface area contributed by atoms with E-state index in [1.165, 1.54) is 0 Å². The van der Waals surface area contributed by atoms with E-state index in [2.05, 4.69) is 0 Å². The van der Waals surface area contributed by atoms with Gasteiger partial charge in [-0.2, -0.15) is 0 Å². The van der Waals surface area contributed by atoms with Crippen molar-refractivity contribution in [3.05, 3.63) is 0 Å². The molecule has 0 unspecified atom stereocenters. The number of halogens is 9. The van der Waals surface area contributed by atoms with Crippen LogP contribution in [0.25, 0.3) is 0 Å². The Bertz CT molecular complexity index is 170. The summed E-state index contributed by atoms with van der Waals surface area (Å²) in [6, 6.07) is 0. The van der Waals surface area contributed by atoms with E-state index in [4.69, 9.17) is 0 Å². The molecule has 0 aliphatic rings. The normalized spacial score (nSPS) is 15.9. The second-order valence-electron chi connectivity index (χ2n) is 2.62. The van der Waals surface area contributed by atoms with Crippen molar-refractivity contribution < 1.29 is 39.5 Å². The van der Waals surface area contributed by atoms with E-state index in [1.807, 2.05) is 0 Å². The van der Waals surface area contributed by atoms with Gasteiger partial charge < -0.3 is 0 Å². The van der Waals surface area contributed by atoms with Crippen LogP contribution in [0.4, 0.5) is 39.5 Å². The van der Waals surface area contributed by atoms with Crippen LogP contribution in [0.1, 0.15) is 0 Å². The average molecular weight is 352 g/mol. The molecule has 0 aromatic rings. The van der Waals surface area contributed by atoms with E-state index in [1.54, 1.807) is 0 Å². The van der Waals surface area contributed by atoms with Crippen molar-refractivity contribution in [3.8, 4) is 0 Å². The van der Waals surface area contributed by atoms with Crippen molar-refractivity contribution in [2.24, 2.45) is 0 Å². The Hall–Kier alpha value is 1.42. The molecule has 0 spiro atoms. The predicted molar refractivity (Wildman–Crippen MR) is 26.6 cm³/mol. The van der Waals surface area contributed by atoms with Crippen LogP contribution in [0.2, 0.25) is -3.16 Å². The fraction of sp³-hybridized carbons (Fsp3) is 1.00. The molecule has 0 radical (unpaired) electrons. The Labute approximate surface area is 119 Å². The van der Waals surface area contributed by atoms with Crippen molar-refractivity contribution in [1.82, 2.24) is 0 Å². The maximum atomic E-state index is 11.7. The van der Waals surface area contributed by atoms with Gasteiger partial charge in [0.2, 0.25) is 0 Å². The fourth-order valence-corrected chi connectivity index (χ4v) is 0.482. The minimum absolute atomic E-state index is 2.84. The van der Waals surface area contributed by atoms with Crippen LogP contribution in [-0.4, -0.2) is 84.4 Å². The first-order valence-electron chi connectivity index (χ1n) is 2.95. The Morgan fingerprint density at radius 3 is 0.643 bits per heavy atom.